The monoisotopic (exact) mass is 490 g/mol. The molecule has 0 aliphatic heterocycles. The maximum atomic E-state index is 12.6. The molecular formula is C26H30N6O2S. The molecule has 182 valence electrons. The minimum atomic E-state index is -0.0637. The minimum Gasteiger partial charge on any atom is -0.497 e. The highest BCUT2D eigenvalue weighted by molar-refractivity contribution is 7.98. The summed E-state index contributed by atoms with van der Waals surface area (Å²) in [4.78, 5) is 17.4. The molecule has 1 aromatic carbocycles. The fourth-order valence-corrected chi connectivity index (χ4v) is 5.58. The van der Waals surface area contributed by atoms with E-state index in [1.54, 1.807) is 35.5 Å². The SMILES string of the molecule is COc1cccc(NCc2nnc(SCc3cc(=O)n4cccc(C)c4n3)n2C2CCCCC2)c1. The first-order chi connectivity index (χ1) is 17.1. The lowest BCUT2D eigenvalue weighted by molar-refractivity contribution is 0.330. The number of rotatable bonds is 8. The topological polar surface area (TPSA) is 86.3 Å². The van der Waals surface area contributed by atoms with Crippen molar-refractivity contribution in [2.24, 2.45) is 0 Å². The molecule has 1 aliphatic rings. The zero-order valence-corrected chi connectivity index (χ0v) is 20.9. The number of hydrogen-bond donors (Lipinski definition) is 1. The van der Waals surface area contributed by atoms with Gasteiger partial charge in [-0.2, -0.15) is 0 Å². The molecule has 3 heterocycles. The average Bonchev–Trinajstić information content (AvgIpc) is 3.30. The Labute approximate surface area is 208 Å². The molecule has 0 radical (unpaired) electrons. The second kappa shape index (κ2) is 10.5. The summed E-state index contributed by atoms with van der Waals surface area (Å²) >= 11 is 1.60. The minimum absolute atomic E-state index is 0.0637. The third kappa shape index (κ3) is 5.19. The van der Waals surface area contributed by atoms with Crippen molar-refractivity contribution in [3.8, 4) is 5.75 Å². The number of pyridine rings is 1. The van der Waals surface area contributed by atoms with Crippen LogP contribution in [0.2, 0.25) is 0 Å². The third-order valence-corrected chi connectivity index (χ3v) is 7.46. The first kappa shape index (κ1) is 23.4. The Morgan fingerprint density at radius 1 is 1.11 bits per heavy atom. The standard InChI is InChI=1S/C26H30N6O2S/c1-18-8-7-13-31-24(33)15-20(28-25(18)31)17-35-26-30-29-23(32(26)21-10-4-3-5-11-21)16-27-19-9-6-12-22(14-19)34-2/h6-9,12-15,21,27H,3-5,10-11,16-17H2,1-2H3. The van der Waals surface area contributed by atoms with Gasteiger partial charge in [0.05, 0.1) is 19.3 Å². The molecule has 9 heteroatoms. The molecule has 0 bridgehead atoms. The predicted molar refractivity (Wildman–Crippen MR) is 138 cm³/mol. The van der Waals surface area contributed by atoms with Crippen LogP contribution < -0.4 is 15.6 Å². The number of nitrogens with one attached hydrogen (secondary N) is 1. The summed E-state index contributed by atoms with van der Waals surface area (Å²) in [6, 6.07) is 13.7. The fourth-order valence-electron chi connectivity index (χ4n) is 4.67. The number of hydrogen-bond acceptors (Lipinski definition) is 7. The van der Waals surface area contributed by atoms with Crippen LogP contribution in [-0.4, -0.2) is 31.3 Å². The van der Waals surface area contributed by atoms with E-state index in [0.29, 0.717) is 24.0 Å². The van der Waals surface area contributed by atoms with Gasteiger partial charge in [0.25, 0.3) is 5.56 Å². The molecule has 35 heavy (non-hydrogen) atoms. The third-order valence-electron chi connectivity index (χ3n) is 6.48. The van der Waals surface area contributed by atoms with E-state index in [1.807, 2.05) is 43.3 Å². The van der Waals surface area contributed by atoms with Gasteiger partial charge in [-0.25, -0.2) is 4.98 Å². The molecule has 0 spiro atoms. The van der Waals surface area contributed by atoms with E-state index in [4.69, 9.17) is 9.72 Å². The Morgan fingerprint density at radius 2 is 1.97 bits per heavy atom. The largest absolute Gasteiger partial charge is 0.497 e. The lowest BCUT2D eigenvalue weighted by Crippen LogP contribution is -2.18. The molecule has 3 aromatic heterocycles. The zero-order valence-electron chi connectivity index (χ0n) is 20.1. The van der Waals surface area contributed by atoms with Crippen molar-refractivity contribution in [1.29, 1.82) is 0 Å². The number of anilines is 1. The number of nitrogens with zero attached hydrogens (tertiary/aromatic N) is 5. The molecule has 1 N–H and O–H groups in total. The quantitative estimate of drug-likeness (QED) is 0.347. The summed E-state index contributed by atoms with van der Waals surface area (Å²) < 4.78 is 9.24. The van der Waals surface area contributed by atoms with E-state index in [0.717, 1.165) is 46.5 Å². The average molecular weight is 491 g/mol. The van der Waals surface area contributed by atoms with Gasteiger partial charge in [-0.05, 0) is 43.5 Å². The molecule has 0 amide bonds. The van der Waals surface area contributed by atoms with Gasteiger partial charge in [-0.1, -0.05) is 43.2 Å². The molecule has 1 saturated carbocycles. The first-order valence-corrected chi connectivity index (χ1v) is 13.0. The molecule has 0 atom stereocenters. The lowest BCUT2D eigenvalue weighted by atomic mass is 9.95. The molecular weight excluding hydrogens is 460 g/mol. The molecule has 1 fully saturated rings. The number of thioether (sulfide) groups is 1. The van der Waals surface area contributed by atoms with Crippen LogP contribution >= 0.6 is 11.8 Å². The first-order valence-electron chi connectivity index (χ1n) is 12.0. The van der Waals surface area contributed by atoms with Crippen LogP contribution in [0.25, 0.3) is 5.65 Å². The van der Waals surface area contributed by atoms with Crippen molar-refractivity contribution in [2.75, 3.05) is 12.4 Å². The lowest BCUT2D eigenvalue weighted by Gasteiger charge is -2.25. The normalized spacial score (nSPS) is 14.3. The van der Waals surface area contributed by atoms with E-state index in [1.165, 1.54) is 19.3 Å². The summed E-state index contributed by atoms with van der Waals surface area (Å²) in [6.45, 7) is 2.55. The Hall–Kier alpha value is -3.33. The number of aryl methyl sites for hydroxylation is 1. The highest BCUT2D eigenvalue weighted by Gasteiger charge is 2.23. The van der Waals surface area contributed by atoms with Crippen LogP contribution in [0.5, 0.6) is 5.75 Å². The maximum absolute atomic E-state index is 12.6. The second-order valence-electron chi connectivity index (χ2n) is 8.91. The number of benzene rings is 1. The number of ether oxygens (including phenoxy) is 1. The Balaban J connectivity index is 1.38. The summed E-state index contributed by atoms with van der Waals surface area (Å²) in [6.07, 6.45) is 7.74. The van der Waals surface area contributed by atoms with Crippen LogP contribution in [0.1, 0.15) is 55.2 Å². The molecule has 0 unspecified atom stereocenters. The summed E-state index contributed by atoms with van der Waals surface area (Å²) in [5.74, 6) is 2.30. The van der Waals surface area contributed by atoms with E-state index in [-0.39, 0.29) is 5.56 Å². The van der Waals surface area contributed by atoms with Crippen molar-refractivity contribution in [1.82, 2.24) is 24.1 Å². The Morgan fingerprint density at radius 3 is 2.80 bits per heavy atom. The second-order valence-corrected chi connectivity index (χ2v) is 9.85. The van der Waals surface area contributed by atoms with Gasteiger partial charge in [-0.3, -0.25) is 9.20 Å². The molecule has 8 nitrogen and oxygen atoms in total. The van der Waals surface area contributed by atoms with Crippen molar-refractivity contribution < 1.29 is 4.74 Å². The molecule has 5 rings (SSSR count). The van der Waals surface area contributed by atoms with Crippen molar-refractivity contribution in [3.63, 3.8) is 0 Å². The highest BCUT2D eigenvalue weighted by Crippen LogP contribution is 2.33. The number of methoxy groups -OCH3 is 1. The van der Waals surface area contributed by atoms with Crippen LogP contribution in [0.15, 0.2) is 58.6 Å². The van der Waals surface area contributed by atoms with Crippen molar-refractivity contribution in [3.05, 3.63) is 76.1 Å². The van der Waals surface area contributed by atoms with Gasteiger partial charge in [0.15, 0.2) is 11.0 Å². The molecule has 0 saturated heterocycles. The molecule has 4 aromatic rings. The number of aromatic nitrogens is 5. The van der Waals surface area contributed by atoms with Crippen LogP contribution in [0, 0.1) is 6.92 Å². The van der Waals surface area contributed by atoms with Gasteiger partial charge in [-0.15, -0.1) is 10.2 Å². The van der Waals surface area contributed by atoms with Crippen LogP contribution in [0.3, 0.4) is 0 Å². The Kier molecular flexibility index (Phi) is 7.03. The van der Waals surface area contributed by atoms with Crippen molar-refractivity contribution >= 4 is 23.1 Å². The molecule has 1 aliphatic carbocycles. The highest BCUT2D eigenvalue weighted by atomic mass is 32.2. The fraction of sp³-hybridized carbons (Fsp3) is 0.385. The van der Waals surface area contributed by atoms with Gasteiger partial charge in [0.2, 0.25) is 0 Å². The smallest absolute Gasteiger partial charge is 0.258 e. The summed E-state index contributed by atoms with van der Waals surface area (Å²) in [7, 11) is 1.67. The van der Waals surface area contributed by atoms with E-state index < -0.39 is 0 Å². The van der Waals surface area contributed by atoms with Gasteiger partial charge in [0.1, 0.15) is 11.4 Å². The van der Waals surface area contributed by atoms with Gasteiger partial charge < -0.3 is 14.6 Å². The van der Waals surface area contributed by atoms with Gasteiger partial charge >= 0.3 is 0 Å². The summed E-state index contributed by atoms with van der Waals surface area (Å²) in [5.41, 5.74) is 3.35. The number of fused-ring (bicyclic) bond motifs is 1. The summed E-state index contributed by atoms with van der Waals surface area (Å²) in [5, 5.41) is 13.5. The Bertz CT molecular complexity index is 1380. The van der Waals surface area contributed by atoms with Crippen LogP contribution in [-0.2, 0) is 12.3 Å². The van der Waals surface area contributed by atoms with Crippen LogP contribution in [0.4, 0.5) is 5.69 Å². The van der Waals surface area contributed by atoms with E-state index in [2.05, 4.69) is 20.1 Å². The predicted octanol–water partition coefficient (Wildman–Crippen LogP) is 5.01. The van der Waals surface area contributed by atoms with Crippen molar-refractivity contribution in [2.45, 2.75) is 62.5 Å². The zero-order chi connectivity index (χ0) is 24.2. The van der Waals surface area contributed by atoms with E-state index in [9.17, 15) is 4.79 Å². The maximum Gasteiger partial charge on any atom is 0.258 e. The van der Waals surface area contributed by atoms with Gasteiger partial charge in [0, 0.05) is 35.8 Å². The van der Waals surface area contributed by atoms with E-state index >= 15 is 0 Å².